The monoisotopic (exact) mass is 1040 g/mol. The quantitative estimate of drug-likeness (QED) is 0.0548. The zero-order chi connectivity index (χ0) is 52.2. The van der Waals surface area contributed by atoms with Gasteiger partial charge in [-0.15, -0.1) is 0 Å². The fraction of sp³-hybridized carbons (Fsp3) is 0.100. The molecule has 0 aliphatic rings. The van der Waals surface area contributed by atoms with Crippen LogP contribution in [0.5, 0.6) is 17.2 Å². The summed E-state index contributed by atoms with van der Waals surface area (Å²) in [4.78, 5) is 0. The molecule has 0 saturated heterocycles. The van der Waals surface area contributed by atoms with Gasteiger partial charge in [0.1, 0.15) is 0 Å². The van der Waals surface area contributed by atoms with E-state index in [0.29, 0.717) is 55.5 Å². The van der Waals surface area contributed by atoms with E-state index in [1.165, 1.54) is 0 Å². The topological polar surface area (TPSA) is 46.2 Å². The van der Waals surface area contributed by atoms with E-state index in [1.807, 2.05) is 161 Å². The summed E-state index contributed by atoms with van der Waals surface area (Å²) >= 11 is 0. The number of alkyl halides is 6. The molecule has 0 heterocycles. The summed E-state index contributed by atoms with van der Waals surface area (Å²) in [5.41, 5.74) is -0.0325. The number of hydrogen-bond acceptors (Lipinski definition) is 5. The third-order valence-electron chi connectivity index (χ3n) is 13.4. The van der Waals surface area contributed by atoms with E-state index in [9.17, 15) is 26.3 Å². The van der Waals surface area contributed by atoms with Gasteiger partial charge in [0, 0.05) is 0 Å². The minimum atomic E-state index is -5.43. The summed E-state index contributed by atoms with van der Waals surface area (Å²) < 4.78 is 128. The molecule has 0 aliphatic carbocycles. The van der Waals surface area contributed by atoms with Crippen LogP contribution in [0.4, 0.5) is 26.3 Å². The predicted molar refractivity (Wildman–Crippen MR) is 288 cm³/mol. The Hall–Kier alpha value is -7.20. The number of hydrogen-bond donors (Lipinski definition) is 0. The second-order valence-corrected chi connectivity index (χ2v) is 25.6. The molecule has 0 spiro atoms. The Bertz CT molecular complexity index is 2950. The van der Waals surface area contributed by atoms with Gasteiger partial charge in [-0.05, 0) is 0 Å². The summed E-state index contributed by atoms with van der Waals surface area (Å²) in [5.74, 6) is -0.128. The second-order valence-electron chi connectivity index (χ2n) is 17.9. The molecule has 0 saturated carbocycles. The minimum absolute atomic E-state index is 0.0483. The zero-order valence-electron chi connectivity index (χ0n) is 40.8. The van der Waals surface area contributed by atoms with Crippen molar-refractivity contribution in [3.8, 4) is 17.2 Å². The van der Waals surface area contributed by atoms with Crippen LogP contribution in [0, 0.1) is 27.7 Å². The van der Waals surface area contributed by atoms with E-state index < -0.39 is 50.7 Å². The molecule has 0 aliphatic heterocycles. The molecule has 376 valence electrons. The first-order chi connectivity index (χ1) is 35.5. The molecule has 0 radical (unpaired) electrons. The molecule has 9 aromatic rings. The van der Waals surface area contributed by atoms with Crippen molar-refractivity contribution >= 4 is 53.3 Å². The van der Waals surface area contributed by atoms with E-state index in [0.717, 1.165) is 22.3 Å². The van der Waals surface area contributed by atoms with Crippen LogP contribution in [-0.2, 0) is 21.2 Å². The van der Waals surface area contributed by atoms with Gasteiger partial charge in [-0.2, -0.15) is 0 Å². The average Bonchev–Trinajstić information content (AvgIpc) is 3.44. The van der Waals surface area contributed by atoms with Crippen molar-refractivity contribution in [3.05, 3.63) is 270 Å². The van der Waals surface area contributed by atoms with Crippen LogP contribution in [0.3, 0.4) is 0 Å². The fourth-order valence-electron chi connectivity index (χ4n) is 9.33. The standard InChI is InChI=1S/C60H51BF6O5P2/c1-44-25-23-39-57(46(44)3)69-73(51-27-11-5-12-28-51,52-29-13-6-14-30-52,53-31-15-7-16-32-53)71-61(68-50-42-48(59(62,63)64)41-49(43-50)60(65,66)67)72-74(54-33-17-8-18-34-54,55-35-19-9-20-36-55,56-37-21-10-22-38-56)70-58-40-24-26-45(2)47(58)4/h5-43H,1-4H3. The molecule has 0 N–H and O–H groups in total. The number of halogens is 6. The van der Waals surface area contributed by atoms with Gasteiger partial charge in [-0.3, -0.25) is 0 Å². The summed E-state index contributed by atoms with van der Waals surface area (Å²) in [7, 11) is -13.2. The molecule has 9 rings (SSSR count). The molecule has 0 bridgehead atoms. The van der Waals surface area contributed by atoms with Gasteiger partial charge in [0.15, 0.2) is 0 Å². The molecule has 0 aromatic heterocycles. The van der Waals surface area contributed by atoms with Gasteiger partial charge >= 0.3 is 429 Å². The molecule has 0 unspecified atom stereocenters. The summed E-state index contributed by atoms with van der Waals surface area (Å²) in [5, 5.41) is 2.69. The maximum atomic E-state index is 15.0. The molecule has 14 heteroatoms. The van der Waals surface area contributed by atoms with Gasteiger partial charge in [0.25, 0.3) is 0 Å². The Morgan fingerprint density at radius 3 is 0.865 bits per heavy atom. The van der Waals surface area contributed by atoms with Gasteiger partial charge in [-0.25, -0.2) is 0 Å². The van der Waals surface area contributed by atoms with Crippen LogP contribution in [0.25, 0.3) is 0 Å². The summed E-state index contributed by atoms with van der Waals surface area (Å²) in [6.45, 7) is 7.65. The molecule has 0 atom stereocenters. The maximum absolute atomic E-state index is 15.0. The Labute approximate surface area is 427 Å². The zero-order valence-corrected chi connectivity index (χ0v) is 42.6. The van der Waals surface area contributed by atoms with E-state index in [2.05, 4.69) is 0 Å². The Morgan fingerprint density at radius 1 is 0.338 bits per heavy atom. The molecule has 74 heavy (non-hydrogen) atoms. The third kappa shape index (κ3) is 9.26. The van der Waals surface area contributed by atoms with Crippen LogP contribution in [0.15, 0.2) is 237 Å². The number of rotatable bonds is 16. The van der Waals surface area contributed by atoms with Crippen LogP contribution in [0.1, 0.15) is 33.4 Å². The molecule has 0 fully saturated rings. The third-order valence-corrected chi connectivity index (χ3v) is 23.0. The molecular formula is C60H51BF6O5P2. The van der Waals surface area contributed by atoms with Gasteiger partial charge in [-0.1, -0.05) is 0 Å². The van der Waals surface area contributed by atoms with Gasteiger partial charge < -0.3 is 0 Å². The van der Waals surface area contributed by atoms with Crippen molar-refractivity contribution in [2.75, 3.05) is 0 Å². The first-order valence-corrected chi connectivity index (χ1v) is 27.9. The predicted octanol–water partition coefficient (Wildman–Crippen LogP) is 14.2. The second kappa shape index (κ2) is 20.3. The molecule has 0 amide bonds. The fourth-order valence-corrected chi connectivity index (χ4v) is 18.9. The van der Waals surface area contributed by atoms with Crippen molar-refractivity contribution in [3.63, 3.8) is 0 Å². The van der Waals surface area contributed by atoms with E-state index >= 15 is 0 Å². The van der Waals surface area contributed by atoms with E-state index in [4.69, 9.17) is 22.6 Å². The molecular weight excluding hydrogens is 987 g/mol. The summed E-state index contributed by atoms with van der Waals surface area (Å²) in [6.07, 6.45) is -10.5. The van der Waals surface area contributed by atoms with Crippen molar-refractivity contribution in [1.29, 1.82) is 0 Å². The van der Waals surface area contributed by atoms with E-state index in [1.54, 1.807) is 84.9 Å². The van der Waals surface area contributed by atoms with Crippen molar-refractivity contribution < 1.29 is 48.9 Å². The van der Waals surface area contributed by atoms with E-state index in [-0.39, 0.29) is 6.07 Å². The van der Waals surface area contributed by atoms with Crippen LogP contribution in [0.2, 0.25) is 0 Å². The Balaban J connectivity index is 1.50. The SMILES string of the molecule is Cc1cccc(OP(OB(Oc2cc(C(F)(F)F)cc(C(F)(F)F)c2)OP(Oc2cccc(C)c2C)(c2ccccc2)(c2ccccc2)c2ccccc2)(c2ccccc2)(c2ccccc2)c2ccccc2)c1C. The Morgan fingerprint density at radius 2 is 0.608 bits per heavy atom. The van der Waals surface area contributed by atoms with Gasteiger partial charge in [0.05, 0.1) is 0 Å². The van der Waals surface area contributed by atoms with Crippen LogP contribution >= 0.6 is 14.1 Å². The first kappa shape index (κ1) is 51.7. The normalized spacial score (nSPS) is 13.2. The van der Waals surface area contributed by atoms with Crippen LogP contribution < -0.4 is 45.5 Å². The molecule has 9 aromatic carbocycles. The number of benzene rings is 9. The summed E-state index contributed by atoms with van der Waals surface area (Å²) in [6, 6.07) is 66.6. The molecule has 5 nitrogen and oxygen atoms in total. The number of aryl methyl sites for hydroxylation is 2. The average molecular weight is 1040 g/mol. The van der Waals surface area contributed by atoms with Crippen molar-refractivity contribution in [2.24, 2.45) is 0 Å². The van der Waals surface area contributed by atoms with Gasteiger partial charge in [0.2, 0.25) is 0 Å². The van der Waals surface area contributed by atoms with Crippen LogP contribution in [-0.4, -0.2) is 7.32 Å². The van der Waals surface area contributed by atoms with Crippen molar-refractivity contribution in [2.45, 2.75) is 40.0 Å². The van der Waals surface area contributed by atoms with Crippen molar-refractivity contribution in [1.82, 2.24) is 0 Å². The Kier molecular flexibility index (Phi) is 14.2. The first-order valence-electron chi connectivity index (χ1n) is 23.7.